The second kappa shape index (κ2) is 8.10. The van der Waals surface area contributed by atoms with Crippen molar-refractivity contribution >= 4 is 48.1 Å². The third-order valence-corrected chi connectivity index (χ3v) is 20.5. The van der Waals surface area contributed by atoms with Crippen molar-refractivity contribution < 1.29 is 0 Å². The van der Waals surface area contributed by atoms with Crippen LogP contribution >= 0.6 is 0 Å². The molecule has 0 amide bonds. The van der Waals surface area contributed by atoms with Gasteiger partial charge in [0.15, 0.2) is 0 Å². The molecule has 0 aliphatic carbocycles. The van der Waals surface area contributed by atoms with Crippen LogP contribution in [0.15, 0.2) is 103 Å². The average Bonchev–Trinajstić information content (AvgIpc) is 2.76. The molecule has 4 aromatic rings. The van der Waals surface area contributed by atoms with Gasteiger partial charge in [-0.1, -0.05) is 0 Å². The van der Waals surface area contributed by atoms with E-state index in [9.17, 15) is 0 Å². The van der Waals surface area contributed by atoms with Crippen LogP contribution in [-0.4, -0.2) is 28.6 Å². The first-order valence-corrected chi connectivity index (χ1v) is 15.9. The second-order valence-electron chi connectivity index (χ2n) is 7.26. The van der Waals surface area contributed by atoms with Crippen LogP contribution in [0.2, 0.25) is 0 Å². The van der Waals surface area contributed by atoms with E-state index in [1.807, 2.05) is 0 Å². The molecule has 0 heterocycles. The fraction of sp³-hybridized carbons (Fsp3) is 0.0769. The Labute approximate surface area is 175 Å². The van der Waals surface area contributed by atoms with Crippen molar-refractivity contribution in [2.45, 2.75) is 13.8 Å². The summed E-state index contributed by atoms with van der Waals surface area (Å²) in [6.45, 7) is 4.51. The normalized spacial score (nSPS) is 11.4. The molecule has 135 valence electrons. The van der Waals surface area contributed by atoms with Crippen molar-refractivity contribution in [3.05, 3.63) is 114 Å². The molecule has 0 unspecified atom stereocenters. The molecule has 4 rings (SSSR count). The first-order valence-electron chi connectivity index (χ1n) is 9.64. The molecule has 0 saturated carbocycles. The van der Waals surface area contributed by atoms with Crippen LogP contribution in [-0.2, 0) is 0 Å². The SMILES string of the molecule is Cc1c([Si])cc[c]([Sn]([c]2ccccc2)([c]2ccccc2)[c]2ccccc2)c1C. The van der Waals surface area contributed by atoms with E-state index in [-0.39, 0.29) is 0 Å². The summed E-state index contributed by atoms with van der Waals surface area (Å²) >= 11 is -3.47. The van der Waals surface area contributed by atoms with Gasteiger partial charge in [0, 0.05) is 0 Å². The van der Waals surface area contributed by atoms with Crippen LogP contribution in [0.4, 0.5) is 0 Å². The quantitative estimate of drug-likeness (QED) is 0.393. The Kier molecular flexibility index (Phi) is 5.56. The molecule has 0 saturated heterocycles. The van der Waals surface area contributed by atoms with Gasteiger partial charge in [-0.2, -0.15) is 0 Å². The first-order chi connectivity index (χ1) is 13.7. The number of rotatable bonds is 4. The number of benzene rings is 4. The van der Waals surface area contributed by atoms with Crippen LogP contribution in [0.5, 0.6) is 0 Å². The second-order valence-corrected chi connectivity index (χ2v) is 18.6. The van der Waals surface area contributed by atoms with Crippen molar-refractivity contribution in [1.82, 2.24) is 0 Å². The third kappa shape index (κ3) is 3.17. The van der Waals surface area contributed by atoms with Gasteiger partial charge in [-0.3, -0.25) is 0 Å². The Balaban J connectivity index is 2.19. The fourth-order valence-electron chi connectivity index (χ4n) is 4.26. The molecule has 0 fully saturated rings. The molecular formula is C26H23SiSn. The van der Waals surface area contributed by atoms with Gasteiger partial charge in [0.25, 0.3) is 0 Å². The van der Waals surface area contributed by atoms with E-state index in [1.165, 1.54) is 30.6 Å². The molecule has 0 N–H and O–H groups in total. The molecule has 0 atom stereocenters. The van der Waals surface area contributed by atoms with Crippen molar-refractivity contribution in [2.24, 2.45) is 0 Å². The Hall–Kier alpha value is -2.10. The van der Waals surface area contributed by atoms with E-state index in [4.69, 9.17) is 0 Å². The number of hydrogen-bond acceptors (Lipinski definition) is 0. The summed E-state index contributed by atoms with van der Waals surface area (Å²) in [4.78, 5) is 0. The zero-order chi connectivity index (χ0) is 19.6. The van der Waals surface area contributed by atoms with E-state index in [0.29, 0.717) is 0 Å². The van der Waals surface area contributed by atoms with Crippen molar-refractivity contribution in [3.63, 3.8) is 0 Å². The Morgan fingerprint density at radius 2 is 0.893 bits per heavy atom. The minimum absolute atomic E-state index is 1.18. The van der Waals surface area contributed by atoms with Crippen LogP contribution in [0, 0.1) is 13.8 Å². The fourth-order valence-corrected chi connectivity index (χ4v) is 19.1. The minimum atomic E-state index is -3.47. The van der Waals surface area contributed by atoms with E-state index in [0.717, 1.165) is 0 Å². The van der Waals surface area contributed by atoms with Crippen LogP contribution in [0.25, 0.3) is 0 Å². The zero-order valence-electron chi connectivity index (χ0n) is 16.3. The maximum absolute atomic E-state index is 3.80. The van der Waals surface area contributed by atoms with Gasteiger partial charge in [-0.15, -0.1) is 0 Å². The van der Waals surface area contributed by atoms with Gasteiger partial charge < -0.3 is 0 Å². The van der Waals surface area contributed by atoms with Gasteiger partial charge >= 0.3 is 176 Å². The summed E-state index contributed by atoms with van der Waals surface area (Å²) < 4.78 is 5.98. The Morgan fingerprint density at radius 3 is 1.29 bits per heavy atom. The van der Waals surface area contributed by atoms with Crippen molar-refractivity contribution in [3.8, 4) is 0 Å². The zero-order valence-corrected chi connectivity index (χ0v) is 20.2. The van der Waals surface area contributed by atoms with Gasteiger partial charge in [0.05, 0.1) is 0 Å². The molecular weight excluding hydrogens is 459 g/mol. The predicted molar refractivity (Wildman–Crippen MR) is 125 cm³/mol. The van der Waals surface area contributed by atoms with E-state index in [1.54, 1.807) is 0 Å². The third-order valence-electron chi connectivity index (χ3n) is 5.81. The van der Waals surface area contributed by atoms with E-state index in [2.05, 4.69) is 127 Å². The molecule has 0 nitrogen and oxygen atoms in total. The molecule has 2 heteroatoms. The van der Waals surface area contributed by atoms with Crippen LogP contribution in [0.1, 0.15) is 11.1 Å². The van der Waals surface area contributed by atoms with Crippen molar-refractivity contribution in [2.75, 3.05) is 0 Å². The summed E-state index contributed by atoms with van der Waals surface area (Å²) in [5, 5.41) is 1.18. The van der Waals surface area contributed by atoms with Crippen LogP contribution < -0.4 is 19.5 Å². The average molecular weight is 482 g/mol. The molecule has 3 radical (unpaired) electrons. The maximum atomic E-state index is 3.80. The Bertz CT molecular complexity index is 977. The molecule has 0 spiro atoms. The molecule has 28 heavy (non-hydrogen) atoms. The molecule has 0 aliphatic rings. The van der Waals surface area contributed by atoms with Crippen molar-refractivity contribution in [1.29, 1.82) is 0 Å². The summed E-state index contributed by atoms with van der Waals surface area (Å²) in [7, 11) is 3.80. The van der Waals surface area contributed by atoms with Gasteiger partial charge in [-0.25, -0.2) is 0 Å². The molecule has 0 aliphatic heterocycles. The van der Waals surface area contributed by atoms with Gasteiger partial charge in [0.1, 0.15) is 0 Å². The summed E-state index contributed by atoms with van der Waals surface area (Å²) in [6, 6.07) is 38.1. The summed E-state index contributed by atoms with van der Waals surface area (Å²) in [5.74, 6) is 0. The van der Waals surface area contributed by atoms with E-state index < -0.39 is 18.4 Å². The molecule has 0 aromatic heterocycles. The number of hydrogen-bond donors (Lipinski definition) is 0. The Morgan fingerprint density at radius 1 is 0.500 bits per heavy atom. The van der Waals surface area contributed by atoms with Gasteiger partial charge in [-0.05, 0) is 0 Å². The standard InChI is InChI=1S/C8H8Si.3C6H5.Sn/c1-6-4-3-5-8(9)7(6)2;3*1-2-4-6-5-3-1;/h3,5H,1-2H3;3*1-5H;. The summed E-state index contributed by atoms with van der Waals surface area (Å²) in [6.07, 6.45) is 0. The van der Waals surface area contributed by atoms with Gasteiger partial charge in [0.2, 0.25) is 0 Å². The molecule has 0 bridgehead atoms. The van der Waals surface area contributed by atoms with Crippen LogP contribution in [0.3, 0.4) is 0 Å². The monoisotopic (exact) mass is 483 g/mol. The predicted octanol–water partition coefficient (Wildman–Crippen LogP) is 2.47. The molecule has 4 aromatic carbocycles. The van der Waals surface area contributed by atoms with E-state index >= 15 is 0 Å². The summed E-state index contributed by atoms with van der Waals surface area (Å²) in [5.41, 5.74) is 2.73. The first kappa shape index (κ1) is 19.2. The topological polar surface area (TPSA) is 0 Å².